The van der Waals surface area contributed by atoms with Crippen molar-refractivity contribution < 1.29 is 39.0 Å². The van der Waals surface area contributed by atoms with Crippen molar-refractivity contribution in [1.82, 2.24) is 29.9 Å². The fourth-order valence-corrected chi connectivity index (χ4v) is 9.71. The van der Waals surface area contributed by atoms with Crippen LogP contribution in [0.25, 0.3) is 55.4 Å². The lowest BCUT2D eigenvalue weighted by atomic mass is 9.81. The second kappa shape index (κ2) is 35.0. The van der Waals surface area contributed by atoms with E-state index in [1.807, 2.05) is 186 Å². The average molecular weight is 1330 g/mol. The fraction of sp³-hybridized carbons (Fsp3) is 0.288. The summed E-state index contributed by atoms with van der Waals surface area (Å²) in [7, 11) is -1.34. The molecule has 3 aromatic heterocycles. The van der Waals surface area contributed by atoms with Gasteiger partial charge in [0.2, 0.25) is 0 Å². The number of esters is 2. The molecule has 0 unspecified atom stereocenters. The number of nitrogens with one attached hydrogen (secondary N) is 3. The molecule has 0 amide bonds. The number of carboxylic acids is 1. The minimum absolute atomic E-state index is 0.0287. The molecule has 0 atom stereocenters. The van der Waals surface area contributed by atoms with E-state index in [1.54, 1.807) is 24.3 Å². The third-order valence-electron chi connectivity index (χ3n) is 9.69. The first-order valence-corrected chi connectivity index (χ1v) is 31.0. The van der Waals surface area contributed by atoms with Gasteiger partial charge in [-0.3, -0.25) is 14.4 Å². The van der Waals surface area contributed by atoms with E-state index >= 15 is 0 Å². The standard InChI is InChI=1S/C19H19ClN2O2S.C15H11ClN2O2S.C13H14ClIN2O2S.C6H7BO2.3C2H6/c1-19(2,3)24-17(23)11-25-18-21-15-9-13(12-7-5-4-6-8-12)14(20)10-16(15)22-18;16-11-7-13-12(17-15(18-13)21-8-14(19)20)6-10(11)9-4-2-1-3-5-9;1-13(2,3)19-11(18)6-20-12-16-9-4-7(14)8(15)5-10(9)17-12;8-7(9)6-4-2-1-3-5-6;3*1-2/h4-10H,11H2,1-3H3,(H,21,22);1-7H,8H2,(H,17,18)(H,19,20);4-5H,6H2,1-3H3,(H,16,17);1-5,8-9H;3*1-2H3. The van der Waals surface area contributed by atoms with Crippen LogP contribution in [0.1, 0.15) is 83.1 Å². The zero-order valence-corrected chi connectivity index (χ0v) is 54.2. The van der Waals surface area contributed by atoms with Crippen LogP contribution in [-0.4, -0.2) is 98.5 Å². The first-order valence-electron chi connectivity index (χ1n) is 25.8. The molecule has 0 saturated heterocycles. The van der Waals surface area contributed by atoms with Crippen molar-refractivity contribution in [1.29, 1.82) is 0 Å². The first kappa shape index (κ1) is 70.0. The van der Waals surface area contributed by atoms with Crippen molar-refractivity contribution in [3.05, 3.63) is 146 Å². The number of ether oxygens (including phenoxy) is 2. The van der Waals surface area contributed by atoms with Gasteiger partial charge in [0.25, 0.3) is 0 Å². The Morgan fingerprint density at radius 2 is 0.840 bits per heavy atom. The van der Waals surface area contributed by atoms with E-state index in [9.17, 15) is 14.4 Å². The number of halogens is 4. The molecule has 6 aromatic carbocycles. The number of aliphatic carboxylic acids is 1. The number of hydrogen-bond acceptors (Lipinski definition) is 13. The van der Waals surface area contributed by atoms with Gasteiger partial charge in [0, 0.05) is 14.7 Å². The molecule has 81 heavy (non-hydrogen) atoms. The van der Waals surface area contributed by atoms with Gasteiger partial charge in [-0.05, 0) is 117 Å². The Balaban J connectivity index is 0.000000285. The Morgan fingerprint density at radius 1 is 0.519 bits per heavy atom. The van der Waals surface area contributed by atoms with E-state index in [-0.39, 0.29) is 29.2 Å². The highest BCUT2D eigenvalue weighted by Crippen LogP contribution is 2.34. The Hall–Kier alpha value is -5.23. The number of rotatable bonds is 12. The van der Waals surface area contributed by atoms with E-state index in [4.69, 9.17) is 59.4 Å². The number of aromatic amines is 3. The van der Waals surface area contributed by atoms with Crippen molar-refractivity contribution in [2.45, 2.75) is 110 Å². The van der Waals surface area contributed by atoms with Crippen LogP contribution >= 0.6 is 92.7 Å². The number of H-pyrrole nitrogens is 3. The van der Waals surface area contributed by atoms with Gasteiger partial charge in [0.15, 0.2) is 15.5 Å². The predicted molar refractivity (Wildman–Crippen MR) is 349 cm³/mol. The number of aromatic nitrogens is 6. The molecule has 0 aliphatic heterocycles. The molecule has 0 bridgehead atoms. The minimum Gasteiger partial charge on any atom is -0.481 e. The summed E-state index contributed by atoms with van der Waals surface area (Å²) in [6.07, 6.45) is 0. The lowest BCUT2D eigenvalue weighted by molar-refractivity contribution is -0.152. The molecule has 0 spiro atoms. The monoisotopic (exact) mass is 1330 g/mol. The summed E-state index contributed by atoms with van der Waals surface area (Å²) in [5.74, 6) is -0.989. The Kier molecular flexibility index (Phi) is 30.3. The van der Waals surface area contributed by atoms with Crippen LogP contribution < -0.4 is 5.46 Å². The summed E-state index contributed by atoms with van der Waals surface area (Å²) in [5.41, 5.74) is 8.41. The molecule has 14 nitrogen and oxygen atoms in total. The zero-order chi connectivity index (χ0) is 60.5. The summed E-state index contributed by atoms with van der Waals surface area (Å²) >= 11 is 24.8. The number of thioether (sulfide) groups is 3. The Labute approximate surface area is 516 Å². The van der Waals surface area contributed by atoms with Crippen LogP contribution in [0.4, 0.5) is 0 Å². The minimum atomic E-state index is -1.34. The molecule has 0 radical (unpaired) electrons. The number of carboxylic acid groups (broad SMARTS) is 1. The van der Waals surface area contributed by atoms with Gasteiger partial charge < -0.3 is 39.6 Å². The smallest absolute Gasteiger partial charge is 0.481 e. The van der Waals surface area contributed by atoms with Crippen molar-refractivity contribution in [3.63, 3.8) is 0 Å². The highest BCUT2D eigenvalue weighted by atomic mass is 127. The SMILES string of the molecule is CC.CC.CC.CC(C)(C)OC(=O)CSc1nc2cc(-c3ccccc3)c(Cl)cc2[nH]1.CC(C)(C)OC(=O)CSc1nc2cc(I)c(Cl)cc2[nH]1.O=C(O)CSc1nc2cc(-c3ccccc3)c(Cl)cc2[nH]1.OB(O)c1ccccc1. The first-order chi connectivity index (χ1) is 38.5. The Bertz CT molecular complexity index is 3340. The highest BCUT2D eigenvalue weighted by Gasteiger charge is 2.19. The van der Waals surface area contributed by atoms with Gasteiger partial charge in [-0.1, -0.05) is 203 Å². The predicted octanol–water partition coefficient (Wildman–Crippen LogP) is 16.1. The molecular weight excluding hydrogens is 1260 g/mol. The number of carbonyl (C=O) groups excluding carboxylic acids is 2. The van der Waals surface area contributed by atoms with Crippen LogP contribution in [-0.2, 0) is 23.9 Å². The maximum Gasteiger partial charge on any atom is 0.488 e. The summed E-state index contributed by atoms with van der Waals surface area (Å²) in [4.78, 5) is 56.9. The topological polar surface area (TPSA) is 216 Å². The van der Waals surface area contributed by atoms with E-state index < -0.39 is 24.3 Å². The molecule has 22 heteroatoms. The third kappa shape index (κ3) is 24.3. The number of carbonyl (C=O) groups is 3. The molecule has 0 aliphatic rings. The quantitative estimate of drug-likeness (QED) is 0.0290. The number of imidazole rings is 3. The Morgan fingerprint density at radius 3 is 1.16 bits per heavy atom. The number of nitrogens with zero attached hydrogens (tertiary/aromatic N) is 3. The molecule has 0 aliphatic carbocycles. The van der Waals surface area contributed by atoms with Crippen LogP contribution in [0.5, 0.6) is 0 Å². The normalized spacial score (nSPS) is 10.6. The summed E-state index contributed by atoms with van der Waals surface area (Å²) in [6.45, 7) is 23.1. The molecule has 9 aromatic rings. The summed E-state index contributed by atoms with van der Waals surface area (Å²) in [6, 6.07) is 39.7. The van der Waals surface area contributed by atoms with Crippen LogP contribution in [0.2, 0.25) is 15.1 Å². The number of benzene rings is 6. The van der Waals surface area contributed by atoms with E-state index in [0.717, 1.165) is 70.7 Å². The fourth-order valence-electron chi connectivity index (χ4n) is 6.63. The average Bonchev–Trinajstić information content (AvgIpc) is 4.16. The van der Waals surface area contributed by atoms with Gasteiger partial charge >= 0.3 is 25.0 Å². The summed E-state index contributed by atoms with van der Waals surface area (Å²) in [5, 5.41) is 29.8. The maximum absolute atomic E-state index is 11.8. The molecule has 432 valence electrons. The van der Waals surface area contributed by atoms with E-state index in [0.29, 0.717) is 36.0 Å². The van der Waals surface area contributed by atoms with Crippen molar-refractivity contribution >= 4 is 156 Å². The molecule has 0 fully saturated rings. The summed E-state index contributed by atoms with van der Waals surface area (Å²) < 4.78 is 11.5. The largest absolute Gasteiger partial charge is 0.488 e. The van der Waals surface area contributed by atoms with E-state index in [1.165, 1.54) is 23.5 Å². The van der Waals surface area contributed by atoms with Gasteiger partial charge in [-0.2, -0.15) is 0 Å². The number of fused-ring (bicyclic) bond motifs is 3. The van der Waals surface area contributed by atoms with Crippen molar-refractivity contribution in [2.75, 3.05) is 17.3 Å². The second-order valence-corrected chi connectivity index (χ2v) is 23.3. The number of hydrogen-bond donors (Lipinski definition) is 6. The second-order valence-electron chi connectivity index (χ2n) is 18.1. The van der Waals surface area contributed by atoms with Gasteiger partial charge in [-0.25, -0.2) is 15.0 Å². The molecule has 9 rings (SSSR count). The lowest BCUT2D eigenvalue weighted by Gasteiger charge is -2.18. The lowest BCUT2D eigenvalue weighted by Crippen LogP contribution is -2.29. The van der Waals surface area contributed by atoms with Crippen LogP contribution in [0.15, 0.2) is 143 Å². The maximum atomic E-state index is 11.8. The molecule has 6 N–H and O–H groups in total. The molecular formula is C59H69BCl3IN6O8S3. The third-order valence-corrected chi connectivity index (χ3v) is 14.4. The van der Waals surface area contributed by atoms with Crippen LogP contribution in [0, 0.1) is 3.57 Å². The highest BCUT2D eigenvalue weighted by molar-refractivity contribution is 14.1. The van der Waals surface area contributed by atoms with E-state index in [2.05, 4.69) is 52.5 Å². The van der Waals surface area contributed by atoms with Crippen molar-refractivity contribution in [2.24, 2.45) is 0 Å². The van der Waals surface area contributed by atoms with Crippen LogP contribution in [0.3, 0.4) is 0 Å². The molecule has 0 saturated carbocycles. The van der Waals surface area contributed by atoms with Gasteiger partial charge in [-0.15, -0.1) is 0 Å². The van der Waals surface area contributed by atoms with Gasteiger partial charge in [0.1, 0.15) is 11.2 Å². The van der Waals surface area contributed by atoms with Gasteiger partial charge in [0.05, 0.1) is 65.4 Å². The molecule has 3 heterocycles. The van der Waals surface area contributed by atoms with Crippen molar-refractivity contribution in [3.8, 4) is 22.3 Å². The zero-order valence-electron chi connectivity index (χ0n) is 47.3.